The first kappa shape index (κ1) is 22.0. The van der Waals surface area contributed by atoms with Gasteiger partial charge in [-0.25, -0.2) is 9.97 Å². The third-order valence-electron chi connectivity index (χ3n) is 8.42. The molecule has 0 amide bonds. The predicted molar refractivity (Wildman–Crippen MR) is 144 cm³/mol. The van der Waals surface area contributed by atoms with Crippen LogP contribution in [0.2, 0.25) is 0 Å². The number of fused-ring (bicyclic) bond motifs is 1. The van der Waals surface area contributed by atoms with Crippen molar-refractivity contribution in [1.29, 1.82) is 0 Å². The first-order valence-corrected chi connectivity index (χ1v) is 13.6. The van der Waals surface area contributed by atoms with E-state index in [9.17, 15) is 0 Å². The summed E-state index contributed by atoms with van der Waals surface area (Å²) in [4.78, 5) is 16.7. The van der Waals surface area contributed by atoms with Crippen LogP contribution in [0.4, 0.5) is 0 Å². The standard InChI is InChI=1S/C30H34N6/c1-18-6-11-22-21(12-13-23(28(18)22)27-17-34-30(36-27)25-5-3-15-32-25)19-7-9-20(10-8-19)26-16-33-29(35-26)24-4-2-14-31-24/h7-10,12-13,16-18,24-25,31-32H,2-6,11,14-15H2,1H3,(H,33,35)(H,34,36). The van der Waals surface area contributed by atoms with Gasteiger partial charge in [-0.05, 0) is 79.8 Å². The first-order valence-electron chi connectivity index (χ1n) is 13.6. The van der Waals surface area contributed by atoms with Crippen molar-refractivity contribution in [2.75, 3.05) is 13.1 Å². The van der Waals surface area contributed by atoms with Crippen LogP contribution in [0, 0.1) is 0 Å². The SMILES string of the molecule is CC1CCc2c(-c3ccc(-c4c[nH]c(C5CCCN5)n4)cc3)ccc(-c3c[nH]c(C4CCCN4)n3)c21. The quantitative estimate of drug-likeness (QED) is 0.282. The lowest BCUT2D eigenvalue weighted by Crippen LogP contribution is -2.14. The number of hydrogen-bond donors (Lipinski definition) is 4. The van der Waals surface area contributed by atoms with Crippen LogP contribution in [-0.4, -0.2) is 33.0 Å². The summed E-state index contributed by atoms with van der Waals surface area (Å²) in [6.45, 7) is 4.53. The fourth-order valence-electron chi connectivity index (χ4n) is 6.47. The molecule has 3 atom stereocenters. The summed E-state index contributed by atoms with van der Waals surface area (Å²) < 4.78 is 0. The second-order valence-electron chi connectivity index (χ2n) is 10.7. The van der Waals surface area contributed by atoms with E-state index in [1.807, 2.05) is 6.20 Å². The van der Waals surface area contributed by atoms with Gasteiger partial charge in [0.25, 0.3) is 0 Å². The minimum absolute atomic E-state index is 0.362. The normalized spacial score (nSPS) is 23.4. The first-order chi connectivity index (χ1) is 17.7. The van der Waals surface area contributed by atoms with Crippen molar-refractivity contribution >= 4 is 0 Å². The van der Waals surface area contributed by atoms with E-state index in [4.69, 9.17) is 9.97 Å². The number of aromatic nitrogens is 4. The molecule has 3 unspecified atom stereocenters. The number of rotatable bonds is 5. The van der Waals surface area contributed by atoms with E-state index < -0.39 is 0 Å². The maximum Gasteiger partial charge on any atom is 0.124 e. The Bertz CT molecular complexity index is 1370. The zero-order chi connectivity index (χ0) is 24.1. The Kier molecular flexibility index (Phi) is 5.51. The molecule has 2 fully saturated rings. The van der Waals surface area contributed by atoms with E-state index in [2.05, 4.69) is 70.1 Å². The minimum Gasteiger partial charge on any atom is -0.347 e. The number of imidazole rings is 2. The van der Waals surface area contributed by atoms with Gasteiger partial charge in [-0.15, -0.1) is 0 Å². The molecular weight excluding hydrogens is 444 g/mol. The lowest BCUT2D eigenvalue weighted by atomic mass is 9.90. The van der Waals surface area contributed by atoms with E-state index in [1.165, 1.54) is 47.1 Å². The third kappa shape index (κ3) is 3.80. The summed E-state index contributed by atoms with van der Waals surface area (Å²) in [5, 5.41) is 7.08. The van der Waals surface area contributed by atoms with Gasteiger partial charge < -0.3 is 20.6 Å². The molecule has 6 nitrogen and oxygen atoms in total. The van der Waals surface area contributed by atoms with Crippen LogP contribution in [0.3, 0.4) is 0 Å². The summed E-state index contributed by atoms with van der Waals surface area (Å²) in [5.74, 6) is 2.68. The summed E-state index contributed by atoms with van der Waals surface area (Å²) in [6.07, 6.45) is 11.2. The van der Waals surface area contributed by atoms with Crippen LogP contribution in [0.15, 0.2) is 48.8 Å². The molecule has 36 heavy (non-hydrogen) atoms. The van der Waals surface area contributed by atoms with Crippen LogP contribution in [0.1, 0.15) is 79.8 Å². The highest BCUT2D eigenvalue weighted by Crippen LogP contribution is 2.44. The van der Waals surface area contributed by atoms with Crippen molar-refractivity contribution in [1.82, 2.24) is 30.6 Å². The van der Waals surface area contributed by atoms with Gasteiger partial charge in [0, 0.05) is 23.5 Å². The molecule has 184 valence electrons. The average Bonchev–Trinajstić information content (AvgIpc) is 3.74. The molecule has 4 aromatic rings. The van der Waals surface area contributed by atoms with E-state index in [-0.39, 0.29) is 0 Å². The van der Waals surface area contributed by atoms with Crippen LogP contribution in [0.5, 0.6) is 0 Å². The Labute approximate surface area is 212 Å². The Balaban J connectivity index is 1.19. The van der Waals surface area contributed by atoms with E-state index in [1.54, 1.807) is 0 Å². The van der Waals surface area contributed by atoms with Crippen LogP contribution in [-0.2, 0) is 6.42 Å². The summed E-state index contributed by atoms with van der Waals surface area (Å²) in [6, 6.07) is 14.3. The fourth-order valence-corrected chi connectivity index (χ4v) is 6.47. The third-order valence-corrected chi connectivity index (χ3v) is 8.42. The molecule has 7 rings (SSSR count). The van der Waals surface area contributed by atoms with Crippen molar-refractivity contribution in [3.63, 3.8) is 0 Å². The van der Waals surface area contributed by atoms with Crippen molar-refractivity contribution in [3.8, 4) is 33.6 Å². The molecule has 0 radical (unpaired) electrons. The van der Waals surface area contributed by atoms with Crippen LogP contribution < -0.4 is 10.6 Å². The number of aromatic amines is 2. The highest BCUT2D eigenvalue weighted by Gasteiger charge is 2.27. The molecule has 2 aliphatic heterocycles. The Morgan fingerprint density at radius 1 is 0.694 bits per heavy atom. The van der Waals surface area contributed by atoms with Gasteiger partial charge in [-0.2, -0.15) is 0 Å². The monoisotopic (exact) mass is 478 g/mol. The molecule has 2 aromatic heterocycles. The fraction of sp³-hybridized carbons (Fsp3) is 0.400. The summed E-state index contributed by atoms with van der Waals surface area (Å²) in [7, 11) is 0. The number of H-pyrrole nitrogens is 2. The molecule has 3 aliphatic rings. The Hall–Kier alpha value is -3.22. The van der Waals surface area contributed by atoms with E-state index in [0.29, 0.717) is 18.0 Å². The zero-order valence-electron chi connectivity index (χ0n) is 20.9. The lowest BCUT2D eigenvalue weighted by molar-refractivity contribution is 0.613. The molecule has 1 aliphatic carbocycles. The number of nitrogens with one attached hydrogen (secondary N) is 4. The highest BCUT2D eigenvalue weighted by molar-refractivity contribution is 5.79. The number of benzene rings is 2. The van der Waals surface area contributed by atoms with Gasteiger partial charge in [0.1, 0.15) is 11.6 Å². The molecule has 4 N–H and O–H groups in total. The smallest absolute Gasteiger partial charge is 0.124 e. The summed E-state index contributed by atoms with van der Waals surface area (Å²) in [5.41, 5.74) is 10.2. The van der Waals surface area contributed by atoms with E-state index >= 15 is 0 Å². The molecular formula is C30H34N6. The Morgan fingerprint density at radius 3 is 1.97 bits per heavy atom. The molecule has 6 heteroatoms. The predicted octanol–water partition coefficient (Wildman–Crippen LogP) is 6.03. The topological polar surface area (TPSA) is 81.4 Å². The van der Waals surface area contributed by atoms with Crippen LogP contribution >= 0.6 is 0 Å². The van der Waals surface area contributed by atoms with Gasteiger partial charge in [0.2, 0.25) is 0 Å². The highest BCUT2D eigenvalue weighted by atomic mass is 15.0. The molecule has 0 spiro atoms. The van der Waals surface area contributed by atoms with Gasteiger partial charge in [0.15, 0.2) is 0 Å². The Morgan fingerprint density at radius 2 is 1.31 bits per heavy atom. The molecule has 2 saturated heterocycles. The second-order valence-corrected chi connectivity index (χ2v) is 10.7. The van der Waals surface area contributed by atoms with E-state index in [0.717, 1.165) is 61.0 Å². The average molecular weight is 479 g/mol. The van der Waals surface area contributed by atoms with Gasteiger partial charge in [-0.1, -0.05) is 43.3 Å². The van der Waals surface area contributed by atoms with Crippen molar-refractivity contribution < 1.29 is 0 Å². The van der Waals surface area contributed by atoms with Crippen molar-refractivity contribution in [2.45, 2.75) is 63.5 Å². The number of hydrogen-bond acceptors (Lipinski definition) is 4. The largest absolute Gasteiger partial charge is 0.347 e. The van der Waals surface area contributed by atoms with Gasteiger partial charge >= 0.3 is 0 Å². The minimum atomic E-state index is 0.362. The van der Waals surface area contributed by atoms with Crippen LogP contribution in [0.25, 0.3) is 33.6 Å². The van der Waals surface area contributed by atoms with Gasteiger partial charge in [0.05, 0.1) is 23.5 Å². The second kappa shape index (κ2) is 9.02. The van der Waals surface area contributed by atoms with Crippen molar-refractivity contribution in [2.24, 2.45) is 0 Å². The van der Waals surface area contributed by atoms with Gasteiger partial charge in [-0.3, -0.25) is 0 Å². The maximum absolute atomic E-state index is 5.02. The van der Waals surface area contributed by atoms with Crippen molar-refractivity contribution in [3.05, 3.63) is 71.6 Å². The lowest BCUT2D eigenvalue weighted by Gasteiger charge is -2.15. The molecule has 0 saturated carbocycles. The molecule has 0 bridgehead atoms. The molecule has 2 aromatic carbocycles. The summed E-state index contributed by atoms with van der Waals surface area (Å²) >= 11 is 0. The maximum atomic E-state index is 5.02. The zero-order valence-corrected chi connectivity index (χ0v) is 20.9. The number of nitrogens with zero attached hydrogens (tertiary/aromatic N) is 2. The molecule has 4 heterocycles.